The molecule has 0 radical (unpaired) electrons. The van der Waals surface area contributed by atoms with Crippen molar-refractivity contribution in [2.24, 2.45) is 5.16 Å². The maximum atomic E-state index is 11.6. The van der Waals surface area contributed by atoms with E-state index in [1.165, 1.54) is 5.38 Å². The van der Waals surface area contributed by atoms with Crippen LogP contribution in [-0.4, -0.2) is 29.2 Å². The zero-order valence-electron chi connectivity index (χ0n) is 10.0. The number of nitrogens with two attached hydrogens (primary N) is 1. The van der Waals surface area contributed by atoms with Gasteiger partial charge in [0.25, 0.3) is 0 Å². The zero-order chi connectivity index (χ0) is 13.5. The van der Waals surface area contributed by atoms with Crippen LogP contribution in [0.5, 0.6) is 0 Å². The number of esters is 1. The average molecular weight is 271 g/mol. The van der Waals surface area contributed by atoms with Gasteiger partial charge in [-0.1, -0.05) is 12.1 Å². The van der Waals surface area contributed by atoms with E-state index in [1.807, 2.05) is 0 Å². The van der Waals surface area contributed by atoms with Crippen molar-refractivity contribution in [3.63, 3.8) is 0 Å². The van der Waals surface area contributed by atoms with Crippen LogP contribution in [-0.2, 0) is 19.2 Å². The van der Waals surface area contributed by atoms with Gasteiger partial charge in [0.2, 0.25) is 5.71 Å². The summed E-state index contributed by atoms with van der Waals surface area (Å²) in [5.74, 6) is -1.27. The van der Waals surface area contributed by atoms with Gasteiger partial charge in [0.1, 0.15) is 5.69 Å². The summed E-state index contributed by atoms with van der Waals surface area (Å²) in [6, 6.07) is 0. The Hall–Kier alpha value is -1.96. The molecule has 1 heterocycles. The highest BCUT2D eigenvalue weighted by Crippen LogP contribution is 2.13. The molecule has 0 bridgehead atoms. The van der Waals surface area contributed by atoms with Crippen molar-refractivity contribution in [3.05, 3.63) is 11.1 Å². The van der Waals surface area contributed by atoms with Gasteiger partial charge in [-0.3, -0.25) is 0 Å². The number of rotatable bonds is 5. The number of hydrogen-bond acceptors (Lipinski definition) is 8. The molecule has 8 heteroatoms. The van der Waals surface area contributed by atoms with E-state index in [2.05, 4.69) is 15.0 Å². The molecule has 0 unspecified atom stereocenters. The highest BCUT2D eigenvalue weighted by molar-refractivity contribution is 7.13. The Kier molecular flexibility index (Phi) is 5.25. The number of thiazole rings is 1. The largest absolute Gasteiger partial charge is 0.461 e. The number of nitrogen functional groups attached to an aromatic ring is 1. The van der Waals surface area contributed by atoms with E-state index in [0.29, 0.717) is 0 Å². The van der Waals surface area contributed by atoms with Crippen molar-refractivity contribution in [3.8, 4) is 0 Å². The van der Waals surface area contributed by atoms with Crippen molar-refractivity contribution >= 4 is 34.1 Å². The maximum absolute atomic E-state index is 11.6. The molecule has 18 heavy (non-hydrogen) atoms. The second-order valence-electron chi connectivity index (χ2n) is 3.05. The van der Waals surface area contributed by atoms with Gasteiger partial charge in [-0.25, -0.2) is 14.6 Å². The molecule has 0 spiro atoms. The molecule has 98 valence electrons. The van der Waals surface area contributed by atoms with Crippen LogP contribution in [0, 0.1) is 0 Å². The molecule has 7 nitrogen and oxygen atoms in total. The van der Waals surface area contributed by atoms with E-state index in [4.69, 9.17) is 10.5 Å². The summed E-state index contributed by atoms with van der Waals surface area (Å²) in [7, 11) is 0. The van der Waals surface area contributed by atoms with E-state index < -0.39 is 11.9 Å². The second kappa shape index (κ2) is 6.70. The van der Waals surface area contributed by atoms with Gasteiger partial charge in [-0.2, -0.15) is 0 Å². The number of anilines is 1. The fourth-order valence-electron chi connectivity index (χ4n) is 0.946. The lowest BCUT2D eigenvalue weighted by Gasteiger charge is -2.02. The fourth-order valence-corrected chi connectivity index (χ4v) is 1.49. The van der Waals surface area contributed by atoms with Crippen molar-refractivity contribution in [1.82, 2.24) is 4.98 Å². The van der Waals surface area contributed by atoms with Gasteiger partial charge in [-0.05, 0) is 6.92 Å². The molecule has 0 aliphatic rings. The van der Waals surface area contributed by atoms with Crippen LogP contribution >= 0.6 is 11.3 Å². The SMILES string of the molecule is CCOC(=O)C(=NOC(=O)CC)c1csc(N)n1. The summed E-state index contributed by atoms with van der Waals surface area (Å²) in [6.07, 6.45) is 0.152. The molecule has 0 saturated carbocycles. The first kappa shape index (κ1) is 14.1. The molecule has 0 fully saturated rings. The monoisotopic (exact) mass is 271 g/mol. The Morgan fingerprint density at radius 3 is 2.72 bits per heavy atom. The van der Waals surface area contributed by atoms with Gasteiger partial charge in [0, 0.05) is 11.8 Å². The molecule has 0 aliphatic heterocycles. The number of carbonyl (C=O) groups is 2. The number of nitrogens with zero attached hydrogens (tertiary/aromatic N) is 2. The van der Waals surface area contributed by atoms with Crippen LogP contribution in [0.25, 0.3) is 0 Å². The normalized spacial score (nSPS) is 11.1. The van der Waals surface area contributed by atoms with Crippen molar-refractivity contribution in [1.29, 1.82) is 0 Å². The second-order valence-corrected chi connectivity index (χ2v) is 3.94. The Bertz CT molecular complexity index is 469. The molecule has 0 saturated heterocycles. The highest BCUT2D eigenvalue weighted by Gasteiger charge is 2.20. The quantitative estimate of drug-likeness (QED) is 0.370. The Morgan fingerprint density at radius 1 is 1.50 bits per heavy atom. The lowest BCUT2D eigenvalue weighted by Crippen LogP contribution is -2.20. The maximum Gasteiger partial charge on any atom is 0.362 e. The minimum absolute atomic E-state index is 0.152. The molecule has 0 atom stereocenters. The minimum atomic E-state index is -0.716. The third kappa shape index (κ3) is 3.81. The summed E-state index contributed by atoms with van der Waals surface area (Å²) < 4.78 is 4.80. The first-order valence-electron chi connectivity index (χ1n) is 5.24. The van der Waals surface area contributed by atoms with Gasteiger partial charge >= 0.3 is 11.9 Å². The fraction of sp³-hybridized carbons (Fsp3) is 0.400. The standard InChI is InChI=1S/C10H13N3O4S/c1-3-7(14)17-13-8(9(15)16-4-2)6-5-18-10(11)12-6/h5H,3-4H2,1-2H3,(H2,11,12). The van der Waals surface area contributed by atoms with E-state index in [-0.39, 0.29) is 29.6 Å². The number of carbonyl (C=O) groups excluding carboxylic acids is 2. The summed E-state index contributed by atoms with van der Waals surface area (Å²) in [4.78, 5) is 31.1. The Balaban J connectivity index is 2.95. The number of aromatic nitrogens is 1. The summed E-state index contributed by atoms with van der Waals surface area (Å²) >= 11 is 1.15. The van der Waals surface area contributed by atoms with Gasteiger partial charge in [-0.15, -0.1) is 11.3 Å². The molecule has 0 aromatic carbocycles. The van der Waals surface area contributed by atoms with Gasteiger partial charge < -0.3 is 15.3 Å². The van der Waals surface area contributed by atoms with Gasteiger partial charge in [0.05, 0.1) is 6.61 Å². The van der Waals surface area contributed by atoms with E-state index in [0.717, 1.165) is 11.3 Å². The molecule has 2 N–H and O–H groups in total. The third-order valence-electron chi connectivity index (χ3n) is 1.76. The molecular formula is C10H13N3O4S. The Morgan fingerprint density at radius 2 is 2.22 bits per heavy atom. The molecule has 0 aliphatic carbocycles. The molecule has 1 aromatic rings. The summed E-state index contributed by atoms with van der Waals surface area (Å²) in [5, 5.41) is 5.29. The predicted molar refractivity (Wildman–Crippen MR) is 66.1 cm³/mol. The molecule has 1 aromatic heterocycles. The van der Waals surface area contributed by atoms with E-state index in [1.54, 1.807) is 13.8 Å². The van der Waals surface area contributed by atoms with Crippen molar-refractivity contribution < 1.29 is 19.2 Å². The predicted octanol–water partition coefficient (Wildman–Crippen LogP) is 0.946. The van der Waals surface area contributed by atoms with Crippen LogP contribution in [0.15, 0.2) is 10.5 Å². The van der Waals surface area contributed by atoms with Gasteiger partial charge in [0.15, 0.2) is 5.13 Å². The number of oxime groups is 1. The van der Waals surface area contributed by atoms with Crippen molar-refractivity contribution in [2.75, 3.05) is 12.3 Å². The van der Waals surface area contributed by atoms with Crippen molar-refractivity contribution in [2.45, 2.75) is 20.3 Å². The lowest BCUT2D eigenvalue weighted by atomic mass is 10.3. The highest BCUT2D eigenvalue weighted by atomic mass is 32.1. The zero-order valence-corrected chi connectivity index (χ0v) is 10.8. The Labute approximate surface area is 108 Å². The van der Waals surface area contributed by atoms with Crippen LogP contribution in [0.3, 0.4) is 0 Å². The van der Waals surface area contributed by atoms with Crippen LogP contribution in [0.2, 0.25) is 0 Å². The van der Waals surface area contributed by atoms with E-state index in [9.17, 15) is 9.59 Å². The number of ether oxygens (including phenoxy) is 1. The molecular weight excluding hydrogens is 258 g/mol. The molecule has 0 amide bonds. The average Bonchev–Trinajstić information content (AvgIpc) is 2.76. The van der Waals surface area contributed by atoms with Crippen LogP contribution < -0.4 is 5.73 Å². The van der Waals surface area contributed by atoms with Crippen LogP contribution in [0.4, 0.5) is 5.13 Å². The van der Waals surface area contributed by atoms with E-state index >= 15 is 0 Å². The first-order valence-corrected chi connectivity index (χ1v) is 6.12. The smallest absolute Gasteiger partial charge is 0.362 e. The molecule has 1 rings (SSSR count). The lowest BCUT2D eigenvalue weighted by molar-refractivity contribution is -0.143. The summed E-state index contributed by atoms with van der Waals surface area (Å²) in [5.41, 5.74) is 5.51. The third-order valence-corrected chi connectivity index (χ3v) is 2.43. The first-order chi connectivity index (χ1) is 8.58. The van der Waals surface area contributed by atoms with Crippen LogP contribution in [0.1, 0.15) is 26.0 Å². The minimum Gasteiger partial charge on any atom is -0.461 e. The topological polar surface area (TPSA) is 104 Å². The number of hydrogen-bond donors (Lipinski definition) is 1. The summed E-state index contributed by atoms with van der Waals surface area (Å²) in [6.45, 7) is 3.45.